The smallest absolute Gasteiger partial charge is 0.388 e. The maximum Gasteiger partial charge on any atom is 0.388 e. The molecule has 62 valence electrons. The summed E-state index contributed by atoms with van der Waals surface area (Å²) < 4.78 is 27.1. The lowest BCUT2D eigenvalue weighted by Gasteiger charge is -1.98. The van der Waals surface area contributed by atoms with E-state index in [9.17, 15) is 8.78 Å². The molecule has 0 saturated carbocycles. The predicted molar refractivity (Wildman–Crippen MR) is 35.0 cm³/mol. The Hall–Kier alpha value is -0.840. The summed E-state index contributed by atoms with van der Waals surface area (Å²) >= 11 is 5.50. The van der Waals surface area contributed by atoms with Crippen LogP contribution in [0.1, 0.15) is 5.69 Å². The van der Waals surface area contributed by atoms with Crippen molar-refractivity contribution in [3.05, 3.63) is 10.7 Å². The third kappa shape index (κ3) is 1.80. The van der Waals surface area contributed by atoms with Crippen molar-refractivity contribution in [3.63, 3.8) is 0 Å². The molecule has 0 spiro atoms. The van der Waals surface area contributed by atoms with Crippen molar-refractivity contribution in [2.45, 2.75) is 13.5 Å². The summed E-state index contributed by atoms with van der Waals surface area (Å²) in [4.78, 5) is 0. The van der Waals surface area contributed by atoms with Crippen LogP contribution in [0.4, 0.5) is 8.78 Å². The van der Waals surface area contributed by atoms with Crippen molar-refractivity contribution in [2.24, 2.45) is 0 Å². The van der Waals surface area contributed by atoms with Gasteiger partial charge in [0.25, 0.3) is 5.88 Å². The minimum absolute atomic E-state index is 0.0882. The second kappa shape index (κ2) is 3.04. The Labute approximate surface area is 66.3 Å². The highest BCUT2D eigenvalue weighted by Gasteiger charge is 2.12. The monoisotopic (exact) mass is 182 g/mol. The highest BCUT2D eigenvalue weighted by atomic mass is 35.5. The average Bonchev–Trinajstić information content (AvgIpc) is 2.18. The van der Waals surface area contributed by atoms with E-state index in [1.165, 1.54) is 0 Å². The van der Waals surface area contributed by atoms with Crippen molar-refractivity contribution >= 4 is 11.6 Å². The van der Waals surface area contributed by atoms with Gasteiger partial charge in [-0.15, -0.1) is 5.10 Å². The SMILES string of the molecule is Cc1[nH]nc(OC(F)F)c1Cl. The van der Waals surface area contributed by atoms with Crippen LogP contribution in [0.3, 0.4) is 0 Å². The summed E-state index contributed by atoms with van der Waals surface area (Å²) in [5.41, 5.74) is 0.502. The topological polar surface area (TPSA) is 37.9 Å². The number of hydrogen-bond donors (Lipinski definition) is 1. The number of nitrogens with zero attached hydrogens (tertiary/aromatic N) is 1. The van der Waals surface area contributed by atoms with Gasteiger partial charge in [-0.25, -0.2) is 0 Å². The van der Waals surface area contributed by atoms with Gasteiger partial charge in [0, 0.05) is 0 Å². The number of aromatic nitrogens is 2. The van der Waals surface area contributed by atoms with Gasteiger partial charge in [-0.1, -0.05) is 11.6 Å². The van der Waals surface area contributed by atoms with Gasteiger partial charge in [-0.2, -0.15) is 8.78 Å². The van der Waals surface area contributed by atoms with Crippen LogP contribution in [0.25, 0.3) is 0 Å². The first-order valence-electron chi connectivity index (χ1n) is 2.76. The van der Waals surface area contributed by atoms with Gasteiger partial charge in [-0.3, -0.25) is 5.10 Å². The number of alkyl halides is 2. The minimum Gasteiger partial charge on any atom is -0.414 e. The zero-order chi connectivity index (χ0) is 8.43. The van der Waals surface area contributed by atoms with Crippen LogP contribution in [-0.4, -0.2) is 16.8 Å². The second-order valence-corrected chi connectivity index (χ2v) is 2.22. The molecule has 0 aliphatic rings. The van der Waals surface area contributed by atoms with E-state index >= 15 is 0 Å². The van der Waals surface area contributed by atoms with E-state index < -0.39 is 6.61 Å². The average molecular weight is 183 g/mol. The summed E-state index contributed by atoms with van der Waals surface area (Å²) in [7, 11) is 0. The highest BCUT2D eigenvalue weighted by Crippen LogP contribution is 2.25. The maximum atomic E-state index is 11.6. The normalized spacial score (nSPS) is 10.6. The molecule has 0 fully saturated rings. The Balaban J connectivity index is 2.79. The molecule has 0 aromatic carbocycles. The quantitative estimate of drug-likeness (QED) is 0.760. The number of hydrogen-bond acceptors (Lipinski definition) is 2. The zero-order valence-electron chi connectivity index (χ0n) is 5.57. The molecule has 1 aromatic heterocycles. The van der Waals surface area contributed by atoms with Crippen molar-refractivity contribution in [1.82, 2.24) is 10.2 Å². The van der Waals surface area contributed by atoms with E-state index in [4.69, 9.17) is 11.6 Å². The molecule has 0 atom stereocenters. The molecule has 0 aliphatic carbocycles. The van der Waals surface area contributed by atoms with Crippen LogP contribution in [0.2, 0.25) is 5.02 Å². The Morgan fingerprint density at radius 2 is 2.27 bits per heavy atom. The van der Waals surface area contributed by atoms with Gasteiger partial charge in [0.05, 0.1) is 5.69 Å². The number of rotatable bonds is 2. The van der Waals surface area contributed by atoms with Gasteiger partial charge in [0.2, 0.25) is 0 Å². The molecule has 1 rings (SSSR count). The molecule has 0 saturated heterocycles. The first kappa shape index (κ1) is 8.26. The number of nitrogens with one attached hydrogen (secondary N) is 1. The van der Waals surface area contributed by atoms with Gasteiger partial charge >= 0.3 is 6.61 Å². The number of aromatic amines is 1. The Kier molecular flexibility index (Phi) is 2.28. The van der Waals surface area contributed by atoms with Crippen LogP contribution in [0.15, 0.2) is 0 Å². The third-order valence-corrected chi connectivity index (χ3v) is 1.49. The molecule has 0 aliphatic heterocycles. The lowest BCUT2D eigenvalue weighted by Crippen LogP contribution is -2.02. The fraction of sp³-hybridized carbons (Fsp3) is 0.400. The van der Waals surface area contributed by atoms with Gasteiger partial charge in [0.1, 0.15) is 5.02 Å². The number of ether oxygens (including phenoxy) is 1. The zero-order valence-corrected chi connectivity index (χ0v) is 6.32. The molecule has 6 heteroatoms. The van der Waals surface area contributed by atoms with Crippen LogP contribution in [0, 0.1) is 6.92 Å². The minimum atomic E-state index is -2.89. The number of aryl methyl sites for hydroxylation is 1. The Morgan fingerprint density at radius 1 is 1.64 bits per heavy atom. The number of H-pyrrole nitrogens is 1. The molecule has 1 heterocycles. The van der Waals surface area contributed by atoms with Crippen LogP contribution < -0.4 is 4.74 Å². The van der Waals surface area contributed by atoms with E-state index in [1.807, 2.05) is 0 Å². The van der Waals surface area contributed by atoms with E-state index in [0.717, 1.165) is 0 Å². The van der Waals surface area contributed by atoms with Crippen molar-refractivity contribution in [2.75, 3.05) is 0 Å². The van der Waals surface area contributed by atoms with E-state index in [1.54, 1.807) is 6.92 Å². The molecule has 0 radical (unpaired) electrons. The fourth-order valence-electron chi connectivity index (χ4n) is 0.556. The summed E-state index contributed by atoms with van der Waals surface area (Å²) in [6, 6.07) is 0. The second-order valence-electron chi connectivity index (χ2n) is 1.85. The largest absolute Gasteiger partial charge is 0.414 e. The standard InChI is InChI=1S/C5H5ClF2N2O/c1-2-3(6)4(10-9-2)11-5(7)8/h5H,1H3,(H,9,10). The van der Waals surface area contributed by atoms with Crippen LogP contribution in [-0.2, 0) is 0 Å². The molecule has 1 aromatic rings. The molecule has 0 bridgehead atoms. The summed E-state index contributed by atoms with van der Waals surface area (Å²) in [5, 5.41) is 5.89. The molecule has 3 nitrogen and oxygen atoms in total. The third-order valence-electron chi connectivity index (χ3n) is 1.04. The Morgan fingerprint density at radius 3 is 2.64 bits per heavy atom. The fourth-order valence-corrected chi connectivity index (χ4v) is 0.685. The maximum absolute atomic E-state index is 11.6. The van der Waals surface area contributed by atoms with Crippen molar-refractivity contribution in [3.8, 4) is 5.88 Å². The summed E-state index contributed by atoms with van der Waals surface area (Å²) in [6.45, 7) is -1.29. The van der Waals surface area contributed by atoms with Gasteiger partial charge < -0.3 is 4.74 Å². The molecular formula is C5H5ClF2N2O. The Bertz CT molecular complexity index is 251. The molecule has 11 heavy (non-hydrogen) atoms. The van der Waals surface area contributed by atoms with Gasteiger partial charge in [0.15, 0.2) is 0 Å². The van der Waals surface area contributed by atoms with Crippen LogP contribution >= 0.6 is 11.6 Å². The van der Waals surface area contributed by atoms with E-state index in [2.05, 4.69) is 14.9 Å². The van der Waals surface area contributed by atoms with E-state index in [-0.39, 0.29) is 10.9 Å². The molecule has 1 N–H and O–H groups in total. The lowest BCUT2D eigenvalue weighted by molar-refractivity contribution is -0.0528. The molecule has 0 unspecified atom stereocenters. The predicted octanol–water partition coefficient (Wildman–Crippen LogP) is 1.97. The molecule has 0 amide bonds. The summed E-state index contributed by atoms with van der Waals surface area (Å²) in [6.07, 6.45) is 0. The lowest BCUT2D eigenvalue weighted by atomic mass is 10.5. The van der Waals surface area contributed by atoms with E-state index in [0.29, 0.717) is 5.69 Å². The highest BCUT2D eigenvalue weighted by molar-refractivity contribution is 6.32. The van der Waals surface area contributed by atoms with Crippen molar-refractivity contribution in [1.29, 1.82) is 0 Å². The van der Waals surface area contributed by atoms with Crippen molar-refractivity contribution < 1.29 is 13.5 Å². The summed E-state index contributed by atoms with van der Waals surface area (Å²) in [5.74, 6) is -0.265. The van der Waals surface area contributed by atoms with Crippen LogP contribution in [0.5, 0.6) is 5.88 Å². The first-order chi connectivity index (χ1) is 5.11. The number of halogens is 3. The molecular weight excluding hydrogens is 178 g/mol. The van der Waals surface area contributed by atoms with Gasteiger partial charge in [-0.05, 0) is 6.92 Å². The first-order valence-corrected chi connectivity index (χ1v) is 3.14.